The molecule has 0 aliphatic carbocycles. The van der Waals surface area contributed by atoms with Crippen LogP contribution < -0.4 is 0 Å². The Morgan fingerprint density at radius 2 is 1.48 bits per heavy atom. The van der Waals surface area contributed by atoms with Gasteiger partial charge in [0.2, 0.25) is 20.0 Å². The van der Waals surface area contributed by atoms with E-state index in [2.05, 4.69) is 0 Å². The topological polar surface area (TPSA) is 74.8 Å². The summed E-state index contributed by atoms with van der Waals surface area (Å²) in [6.45, 7) is 6.57. The van der Waals surface area contributed by atoms with Crippen LogP contribution in [0.4, 0.5) is 0 Å². The molecule has 0 radical (unpaired) electrons. The Balaban J connectivity index is 2.28. The number of benzene rings is 1. The fraction of sp³-hybridized carbons (Fsp3) is 0.600. The van der Waals surface area contributed by atoms with Gasteiger partial charge >= 0.3 is 0 Å². The zero-order chi connectivity index (χ0) is 17.4. The molecule has 1 aliphatic rings. The van der Waals surface area contributed by atoms with Crippen molar-refractivity contribution >= 4 is 20.0 Å². The molecule has 1 heterocycles. The summed E-state index contributed by atoms with van der Waals surface area (Å²) in [5.74, 6) is 0.242. The average Bonchev–Trinajstić information content (AvgIpc) is 2.46. The van der Waals surface area contributed by atoms with Gasteiger partial charge in [-0.3, -0.25) is 0 Å². The van der Waals surface area contributed by atoms with Gasteiger partial charge in [0.05, 0.1) is 11.2 Å². The quantitative estimate of drug-likeness (QED) is 0.813. The zero-order valence-corrected chi connectivity index (χ0v) is 15.6. The van der Waals surface area contributed by atoms with E-state index < -0.39 is 20.0 Å². The van der Waals surface area contributed by atoms with Gasteiger partial charge in [-0.15, -0.1) is 0 Å². The van der Waals surface area contributed by atoms with Crippen molar-refractivity contribution in [3.63, 3.8) is 0 Å². The maximum atomic E-state index is 12.9. The van der Waals surface area contributed by atoms with Crippen molar-refractivity contribution in [1.29, 1.82) is 0 Å². The van der Waals surface area contributed by atoms with Gasteiger partial charge in [-0.2, -0.15) is 8.61 Å². The highest BCUT2D eigenvalue weighted by molar-refractivity contribution is 7.89. The third-order valence-corrected chi connectivity index (χ3v) is 7.51. The van der Waals surface area contributed by atoms with Crippen LogP contribution in [0.5, 0.6) is 0 Å². The van der Waals surface area contributed by atoms with Crippen LogP contribution in [0, 0.1) is 6.92 Å². The molecule has 0 bridgehead atoms. The molecule has 1 aromatic carbocycles. The summed E-state index contributed by atoms with van der Waals surface area (Å²) >= 11 is 0. The highest BCUT2D eigenvalue weighted by Crippen LogP contribution is 2.25. The van der Waals surface area contributed by atoms with Gasteiger partial charge in [-0.1, -0.05) is 26.0 Å². The number of piperazine rings is 1. The standard InChI is InChI=1S/C15H24N2O4S2/c1-12(2)14-6-5-13(3)15(11-14)23(20,21)17-9-7-16(8-10-17)22(4,18)19/h5-6,11-12H,7-10H2,1-4H3. The molecule has 0 unspecified atom stereocenters. The van der Waals surface area contributed by atoms with Crippen LogP contribution in [0.2, 0.25) is 0 Å². The molecule has 0 spiro atoms. The van der Waals surface area contributed by atoms with Gasteiger partial charge < -0.3 is 0 Å². The molecule has 1 aromatic rings. The molecular weight excluding hydrogens is 336 g/mol. The maximum Gasteiger partial charge on any atom is 0.243 e. The Bertz CT molecular complexity index is 778. The third kappa shape index (κ3) is 3.93. The van der Waals surface area contributed by atoms with E-state index in [-0.39, 0.29) is 32.1 Å². The Hall–Kier alpha value is -0.960. The summed E-state index contributed by atoms with van der Waals surface area (Å²) in [6.07, 6.45) is 1.15. The van der Waals surface area contributed by atoms with Crippen LogP contribution >= 0.6 is 0 Å². The number of aryl methyl sites for hydroxylation is 1. The first-order chi connectivity index (χ1) is 10.5. The summed E-state index contributed by atoms with van der Waals surface area (Å²) in [5.41, 5.74) is 1.68. The SMILES string of the molecule is Cc1ccc(C(C)C)cc1S(=O)(=O)N1CCN(S(C)(=O)=O)CC1. The molecule has 2 rings (SSSR count). The van der Waals surface area contributed by atoms with Crippen molar-refractivity contribution in [3.8, 4) is 0 Å². The number of rotatable bonds is 4. The first kappa shape index (κ1) is 18.4. The second-order valence-corrected chi connectivity index (χ2v) is 10.1. The fourth-order valence-electron chi connectivity index (χ4n) is 2.63. The van der Waals surface area contributed by atoms with Crippen LogP contribution in [0.3, 0.4) is 0 Å². The lowest BCUT2D eigenvalue weighted by Crippen LogP contribution is -2.50. The molecule has 0 saturated carbocycles. The van der Waals surface area contributed by atoms with Gasteiger partial charge in [-0.05, 0) is 30.0 Å². The van der Waals surface area contributed by atoms with E-state index in [1.165, 1.54) is 8.61 Å². The van der Waals surface area contributed by atoms with Crippen molar-refractivity contribution in [2.45, 2.75) is 31.6 Å². The molecule has 0 N–H and O–H groups in total. The average molecular weight is 361 g/mol. The fourth-order valence-corrected chi connectivity index (χ4v) is 5.14. The van der Waals surface area contributed by atoms with Crippen LogP contribution in [-0.2, 0) is 20.0 Å². The van der Waals surface area contributed by atoms with Crippen LogP contribution in [-0.4, -0.2) is 57.9 Å². The van der Waals surface area contributed by atoms with E-state index in [1.54, 1.807) is 13.0 Å². The summed E-state index contributed by atoms with van der Waals surface area (Å²) < 4.78 is 51.6. The van der Waals surface area contributed by atoms with Crippen LogP contribution in [0.1, 0.15) is 30.9 Å². The predicted octanol–water partition coefficient (Wildman–Crippen LogP) is 1.38. The Labute approximate surface area is 139 Å². The van der Waals surface area contributed by atoms with Crippen molar-refractivity contribution < 1.29 is 16.8 Å². The first-order valence-electron chi connectivity index (χ1n) is 7.59. The van der Waals surface area contributed by atoms with E-state index in [9.17, 15) is 16.8 Å². The largest absolute Gasteiger partial charge is 0.243 e. The van der Waals surface area contributed by atoms with Gasteiger partial charge in [0.15, 0.2) is 0 Å². The minimum absolute atomic E-state index is 0.181. The monoisotopic (exact) mass is 360 g/mol. The van der Waals surface area contributed by atoms with E-state index in [1.807, 2.05) is 26.0 Å². The second-order valence-electron chi connectivity index (χ2n) is 6.25. The first-order valence-corrected chi connectivity index (χ1v) is 10.9. The highest BCUT2D eigenvalue weighted by atomic mass is 32.2. The molecule has 1 fully saturated rings. The van der Waals surface area contributed by atoms with E-state index in [0.717, 1.165) is 11.8 Å². The molecule has 8 heteroatoms. The summed E-state index contributed by atoms with van der Waals surface area (Å²) in [4.78, 5) is 0.316. The van der Waals surface area contributed by atoms with E-state index in [4.69, 9.17) is 0 Å². The molecular formula is C15H24N2O4S2. The lowest BCUT2D eigenvalue weighted by Gasteiger charge is -2.32. The normalized spacial score (nSPS) is 18.5. The predicted molar refractivity (Wildman–Crippen MR) is 90.4 cm³/mol. The minimum Gasteiger partial charge on any atom is -0.213 e. The van der Waals surface area contributed by atoms with Gasteiger partial charge in [-0.25, -0.2) is 16.8 Å². The zero-order valence-electron chi connectivity index (χ0n) is 14.0. The summed E-state index contributed by atoms with van der Waals surface area (Å²) in [7, 11) is -6.88. The number of sulfonamides is 2. The smallest absolute Gasteiger partial charge is 0.213 e. The highest BCUT2D eigenvalue weighted by Gasteiger charge is 2.32. The van der Waals surface area contributed by atoms with Crippen LogP contribution in [0.15, 0.2) is 23.1 Å². The molecule has 1 aliphatic heterocycles. The molecule has 130 valence electrons. The van der Waals surface area contributed by atoms with Crippen molar-refractivity contribution in [3.05, 3.63) is 29.3 Å². The summed E-state index contributed by atoms with van der Waals surface area (Å²) in [6, 6.07) is 5.51. The number of hydrogen-bond acceptors (Lipinski definition) is 4. The molecule has 6 nitrogen and oxygen atoms in total. The lowest BCUT2D eigenvalue weighted by molar-refractivity contribution is 0.274. The third-order valence-electron chi connectivity index (χ3n) is 4.16. The molecule has 0 atom stereocenters. The molecule has 0 amide bonds. The lowest BCUT2D eigenvalue weighted by atomic mass is 10.0. The Morgan fingerprint density at radius 3 is 1.96 bits per heavy atom. The Kier molecular flexibility index (Phi) is 5.20. The number of nitrogens with zero attached hydrogens (tertiary/aromatic N) is 2. The van der Waals surface area contributed by atoms with E-state index in [0.29, 0.717) is 10.5 Å². The van der Waals surface area contributed by atoms with Gasteiger partial charge in [0.1, 0.15) is 0 Å². The molecule has 1 saturated heterocycles. The second kappa shape index (κ2) is 6.51. The van der Waals surface area contributed by atoms with Gasteiger partial charge in [0, 0.05) is 26.2 Å². The maximum absolute atomic E-state index is 12.9. The number of hydrogen-bond donors (Lipinski definition) is 0. The van der Waals surface area contributed by atoms with E-state index >= 15 is 0 Å². The van der Waals surface area contributed by atoms with Crippen molar-refractivity contribution in [2.75, 3.05) is 32.4 Å². The van der Waals surface area contributed by atoms with Crippen LogP contribution in [0.25, 0.3) is 0 Å². The Morgan fingerprint density at radius 1 is 0.957 bits per heavy atom. The van der Waals surface area contributed by atoms with Gasteiger partial charge in [0.25, 0.3) is 0 Å². The molecule has 0 aromatic heterocycles. The van der Waals surface area contributed by atoms with Crippen molar-refractivity contribution in [2.24, 2.45) is 0 Å². The molecule has 23 heavy (non-hydrogen) atoms. The minimum atomic E-state index is -3.61. The summed E-state index contributed by atoms with van der Waals surface area (Å²) in [5, 5.41) is 0. The van der Waals surface area contributed by atoms with Crippen molar-refractivity contribution in [1.82, 2.24) is 8.61 Å².